The minimum absolute atomic E-state index is 0.0503. The van der Waals surface area contributed by atoms with Crippen LogP contribution in [0.3, 0.4) is 0 Å². The molecule has 0 saturated carbocycles. The Morgan fingerprint density at radius 1 is 1.40 bits per heavy atom. The molecule has 1 fully saturated rings. The lowest BCUT2D eigenvalue weighted by atomic mass is 9.90. The van der Waals surface area contributed by atoms with Gasteiger partial charge in [-0.25, -0.2) is 0 Å². The Bertz CT molecular complexity index is 210. The van der Waals surface area contributed by atoms with E-state index in [0.717, 1.165) is 0 Å². The van der Waals surface area contributed by atoms with Gasteiger partial charge in [0.15, 0.2) is 0 Å². The molecule has 0 radical (unpaired) electrons. The molecule has 0 spiro atoms. The van der Waals surface area contributed by atoms with Crippen LogP contribution in [0.15, 0.2) is 0 Å². The zero-order valence-corrected chi connectivity index (χ0v) is 7.23. The second-order valence-electron chi connectivity index (χ2n) is 3.68. The highest BCUT2D eigenvalue weighted by Crippen LogP contribution is 2.31. The van der Waals surface area contributed by atoms with Crippen LogP contribution in [0.25, 0.3) is 0 Å². The summed E-state index contributed by atoms with van der Waals surface area (Å²) in [6, 6.07) is 0. The first-order chi connectivity index (χ1) is 4.31. The second kappa shape index (κ2) is 1.95. The number of hydrogen-bond acceptors (Lipinski definition) is 3. The molecule has 0 aromatic heterocycles. The van der Waals surface area contributed by atoms with E-state index in [2.05, 4.69) is 4.18 Å². The smallest absolute Gasteiger partial charge is 0.265 e. The molecule has 1 aliphatic rings. The standard InChI is InChI=1S/C6H12O3S/c1-6(2,3)5-4-10(7,8)9-5/h5H,4H2,1-3H3. The van der Waals surface area contributed by atoms with Gasteiger partial charge in [0.25, 0.3) is 10.1 Å². The molecular formula is C6H12O3S. The molecule has 1 rings (SSSR count). The molecule has 3 nitrogen and oxygen atoms in total. The van der Waals surface area contributed by atoms with Crippen molar-refractivity contribution in [3.05, 3.63) is 0 Å². The monoisotopic (exact) mass is 164 g/mol. The molecule has 60 valence electrons. The van der Waals surface area contributed by atoms with Gasteiger partial charge >= 0.3 is 0 Å². The summed E-state index contributed by atoms with van der Waals surface area (Å²) in [6.45, 7) is 5.89. The van der Waals surface area contributed by atoms with Crippen LogP contribution >= 0.6 is 0 Å². The van der Waals surface area contributed by atoms with E-state index in [1.807, 2.05) is 20.8 Å². The molecule has 0 amide bonds. The predicted molar refractivity (Wildman–Crippen MR) is 38.1 cm³/mol. The SMILES string of the molecule is CC(C)(C)C1CS(=O)(=O)O1. The van der Waals surface area contributed by atoms with E-state index < -0.39 is 10.1 Å². The minimum atomic E-state index is -3.11. The molecule has 0 N–H and O–H groups in total. The predicted octanol–water partition coefficient (Wildman–Crippen LogP) is 0.761. The van der Waals surface area contributed by atoms with Crippen molar-refractivity contribution in [1.29, 1.82) is 0 Å². The van der Waals surface area contributed by atoms with Crippen molar-refractivity contribution in [2.24, 2.45) is 5.41 Å². The van der Waals surface area contributed by atoms with Crippen LogP contribution < -0.4 is 0 Å². The lowest BCUT2D eigenvalue weighted by Crippen LogP contribution is -2.47. The van der Waals surface area contributed by atoms with E-state index in [1.165, 1.54) is 0 Å². The van der Waals surface area contributed by atoms with Crippen molar-refractivity contribution < 1.29 is 12.6 Å². The molecule has 10 heavy (non-hydrogen) atoms. The molecule has 1 saturated heterocycles. The Labute approximate surface area is 61.5 Å². The van der Waals surface area contributed by atoms with Gasteiger partial charge in [-0.15, -0.1) is 0 Å². The average molecular weight is 164 g/mol. The summed E-state index contributed by atoms with van der Waals surface area (Å²) in [5.74, 6) is 0.177. The fourth-order valence-corrected chi connectivity index (χ4v) is 2.25. The summed E-state index contributed by atoms with van der Waals surface area (Å²) in [4.78, 5) is 0. The Morgan fingerprint density at radius 2 is 1.80 bits per heavy atom. The van der Waals surface area contributed by atoms with Crippen LogP contribution in [0.5, 0.6) is 0 Å². The van der Waals surface area contributed by atoms with Gasteiger partial charge in [-0.05, 0) is 5.41 Å². The lowest BCUT2D eigenvalue weighted by Gasteiger charge is -2.36. The molecule has 0 aromatic carbocycles. The fourth-order valence-electron chi connectivity index (χ4n) is 0.749. The van der Waals surface area contributed by atoms with E-state index in [-0.39, 0.29) is 17.3 Å². The Balaban J connectivity index is 2.56. The molecule has 0 aromatic rings. The van der Waals surface area contributed by atoms with E-state index in [9.17, 15) is 8.42 Å². The summed E-state index contributed by atoms with van der Waals surface area (Å²) in [5.41, 5.74) is -0.0503. The van der Waals surface area contributed by atoms with Gasteiger partial charge in [-0.2, -0.15) is 8.42 Å². The first kappa shape index (κ1) is 8.01. The highest BCUT2D eigenvalue weighted by Gasteiger charge is 2.42. The van der Waals surface area contributed by atoms with Gasteiger partial charge in [0, 0.05) is 0 Å². The minimum Gasteiger partial charge on any atom is -0.265 e. The van der Waals surface area contributed by atoms with Crippen molar-refractivity contribution in [3.8, 4) is 0 Å². The van der Waals surface area contributed by atoms with Crippen LogP contribution in [0.1, 0.15) is 20.8 Å². The molecule has 1 unspecified atom stereocenters. The zero-order chi connectivity index (χ0) is 7.99. The zero-order valence-electron chi connectivity index (χ0n) is 6.42. The molecule has 1 aliphatic heterocycles. The third-order valence-corrected chi connectivity index (χ3v) is 2.82. The van der Waals surface area contributed by atoms with Crippen LogP contribution in [0, 0.1) is 5.41 Å². The maximum absolute atomic E-state index is 10.5. The lowest BCUT2D eigenvalue weighted by molar-refractivity contribution is 0.0736. The summed E-state index contributed by atoms with van der Waals surface area (Å²) >= 11 is 0. The third-order valence-electron chi connectivity index (χ3n) is 1.58. The van der Waals surface area contributed by atoms with E-state index in [0.29, 0.717) is 0 Å². The molecule has 1 heterocycles. The first-order valence-electron chi connectivity index (χ1n) is 3.22. The van der Waals surface area contributed by atoms with Crippen LogP contribution in [0.4, 0.5) is 0 Å². The van der Waals surface area contributed by atoms with Crippen molar-refractivity contribution in [2.75, 3.05) is 5.75 Å². The largest absolute Gasteiger partial charge is 0.270 e. The summed E-state index contributed by atoms with van der Waals surface area (Å²) in [6.07, 6.45) is -0.113. The van der Waals surface area contributed by atoms with E-state index in [1.54, 1.807) is 0 Å². The second-order valence-corrected chi connectivity index (χ2v) is 5.32. The number of hydrogen-bond donors (Lipinski definition) is 0. The molecule has 1 atom stereocenters. The maximum atomic E-state index is 10.5. The summed E-state index contributed by atoms with van der Waals surface area (Å²) < 4.78 is 25.7. The maximum Gasteiger partial charge on any atom is 0.270 e. The van der Waals surface area contributed by atoms with Crippen LogP contribution in [0.2, 0.25) is 0 Å². The Kier molecular flexibility index (Phi) is 1.56. The van der Waals surface area contributed by atoms with Gasteiger partial charge in [-0.1, -0.05) is 20.8 Å². The van der Waals surface area contributed by atoms with Gasteiger partial charge in [-0.3, -0.25) is 4.18 Å². The van der Waals surface area contributed by atoms with Crippen molar-refractivity contribution in [3.63, 3.8) is 0 Å². The van der Waals surface area contributed by atoms with Gasteiger partial charge in [0.2, 0.25) is 0 Å². The quantitative estimate of drug-likeness (QED) is 0.496. The van der Waals surface area contributed by atoms with E-state index in [4.69, 9.17) is 0 Å². The van der Waals surface area contributed by atoms with E-state index >= 15 is 0 Å². The molecule has 0 bridgehead atoms. The number of rotatable bonds is 0. The summed E-state index contributed by atoms with van der Waals surface area (Å²) in [7, 11) is -3.11. The average Bonchev–Trinajstić information content (AvgIpc) is 1.56. The fraction of sp³-hybridized carbons (Fsp3) is 1.00. The summed E-state index contributed by atoms with van der Waals surface area (Å²) in [5, 5.41) is 0. The Morgan fingerprint density at radius 3 is 1.90 bits per heavy atom. The van der Waals surface area contributed by atoms with Crippen molar-refractivity contribution in [1.82, 2.24) is 0 Å². The van der Waals surface area contributed by atoms with Gasteiger partial charge < -0.3 is 0 Å². The van der Waals surface area contributed by atoms with Gasteiger partial charge in [0.05, 0.1) is 6.10 Å². The molecular weight excluding hydrogens is 152 g/mol. The normalized spacial score (nSPS) is 31.3. The van der Waals surface area contributed by atoms with Crippen LogP contribution in [-0.2, 0) is 14.3 Å². The first-order valence-corrected chi connectivity index (χ1v) is 4.80. The highest BCUT2D eigenvalue weighted by atomic mass is 32.2. The Hall–Kier alpha value is -0.0900. The topological polar surface area (TPSA) is 43.4 Å². The van der Waals surface area contributed by atoms with Crippen molar-refractivity contribution >= 4 is 10.1 Å². The highest BCUT2D eigenvalue weighted by molar-refractivity contribution is 7.87. The molecule has 4 heteroatoms. The van der Waals surface area contributed by atoms with Crippen molar-refractivity contribution in [2.45, 2.75) is 26.9 Å². The van der Waals surface area contributed by atoms with Gasteiger partial charge in [0.1, 0.15) is 5.75 Å². The third kappa shape index (κ3) is 1.49. The molecule has 0 aliphatic carbocycles. The van der Waals surface area contributed by atoms with Crippen LogP contribution in [-0.4, -0.2) is 20.3 Å².